The molecule has 0 saturated heterocycles. The maximum Gasteiger partial charge on any atom is 0.131 e. The minimum Gasteiger partial charge on any atom is -0.206 e. The highest BCUT2D eigenvalue weighted by Crippen LogP contribution is 2.33. The van der Waals surface area contributed by atoms with Crippen LogP contribution in [0.3, 0.4) is 0 Å². The average molecular weight is 278 g/mol. The molecular weight excluding hydrogens is 259 g/mol. The summed E-state index contributed by atoms with van der Waals surface area (Å²) in [4.78, 5) is 0. The van der Waals surface area contributed by atoms with Crippen LogP contribution in [-0.2, 0) is 5.41 Å². The van der Waals surface area contributed by atoms with Gasteiger partial charge in [0, 0.05) is 5.56 Å². The lowest BCUT2D eigenvalue weighted by Crippen LogP contribution is -2.11. The third-order valence-electron chi connectivity index (χ3n) is 3.91. The van der Waals surface area contributed by atoms with Gasteiger partial charge in [0.05, 0.1) is 0 Å². The molecule has 0 amide bonds. The zero-order valence-electron chi connectivity index (χ0n) is 12.7. The lowest BCUT2D eigenvalue weighted by molar-refractivity contribution is 0.573. The minimum atomic E-state index is -0.154. The molecule has 0 unspecified atom stereocenters. The number of fused-ring (bicyclic) bond motifs is 1. The Labute approximate surface area is 125 Å². The van der Waals surface area contributed by atoms with Gasteiger partial charge in [-0.25, -0.2) is 4.39 Å². The van der Waals surface area contributed by atoms with E-state index in [2.05, 4.69) is 32.9 Å². The van der Waals surface area contributed by atoms with Crippen molar-refractivity contribution in [1.82, 2.24) is 0 Å². The monoisotopic (exact) mass is 278 g/mol. The molecule has 0 saturated carbocycles. The number of rotatable bonds is 1. The molecule has 1 heteroatoms. The van der Waals surface area contributed by atoms with Gasteiger partial charge >= 0.3 is 0 Å². The maximum absolute atomic E-state index is 14.6. The summed E-state index contributed by atoms with van der Waals surface area (Å²) >= 11 is 0. The Morgan fingerprint density at radius 1 is 0.762 bits per heavy atom. The molecule has 0 fully saturated rings. The molecule has 106 valence electrons. The second-order valence-electron chi connectivity index (χ2n) is 6.47. The Kier molecular flexibility index (Phi) is 3.29. The smallest absolute Gasteiger partial charge is 0.131 e. The molecule has 0 spiro atoms. The molecular formula is C20H19F. The molecule has 0 bridgehead atoms. The van der Waals surface area contributed by atoms with Crippen LogP contribution in [0.25, 0.3) is 21.9 Å². The average Bonchev–Trinajstić information content (AvgIpc) is 2.46. The maximum atomic E-state index is 14.6. The van der Waals surface area contributed by atoms with E-state index in [1.165, 1.54) is 0 Å². The van der Waals surface area contributed by atoms with Gasteiger partial charge in [-0.1, -0.05) is 75.4 Å². The largest absolute Gasteiger partial charge is 0.206 e. The second kappa shape index (κ2) is 5.00. The summed E-state index contributed by atoms with van der Waals surface area (Å²) in [5.74, 6) is -0.154. The van der Waals surface area contributed by atoms with Crippen molar-refractivity contribution >= 4 is 10.8 Å². The van der Waals surface area contributed by atoms with Crippen molar-refractivity contribution in [2.24, 2.45) is 0 Å². The number of benzene rings is 3. The molecule has 3 aromatic carbocycles. The van der Waals surface area contributed by atoms with Crippen LogP contribution in [-0.4, -0.2) is 0 Å². The first-order valence-corrected chi connectivity index (χ1v) is 7.25. The van der Waals surface area contributed by atoms with Crippen molar-refractivity contribution in [3.8, 4) is 11.1 Å². The summed E-state index contributed by atoms with van der Waals surface area (Å²) in [6, 6.07) is 19.7. The van der Waals surface area contributed by atoms with Gasteiger partial charge in [-0.15, -0.1) is 0 Å². The van der Waals surface area contributed by atoms with Gasteiger partial charge in [0.2, 0.25) is 0 Å². The van der Waals surface area contributed by atoms with Gasteiger partial charge in [-0.3, -0.25) is 0 Å². The van der Waals surface area contributed by atoms with Crippen molar-refractivity contribution in [2.45, 2.75) is 26.2 Å². The zero-order chi connectivity index (χ0) is 15.0. The van der Waals surface area contributed by atoms with Crippen molar-refractivity contribution in [1.29, 1.82) is 0 Å². The van der Waals surface area contributed by atoms with E-state index in [9.17, 15) is 4.39 Å². The molecule has 0 aliphatic rings. The standard InChI is InChI=1S/C20H19F/c1-20(2,3)15-11-12-18(19(21)13-15)17-10-6-8-14-7-4-5-9-16(14)17/h4-13H,1-3H3. The fourth-order valence-corrected chi connectivity index (χ4v) is 2.66. The van der Waals surface area contributed by atoms with Crippen LogP contribution in [0.5, 0.6) is 0 Å². The van der Waals surface area contributed by atoms with Crippen molar-refractivity contribution in [2.75, 3.05) is 0 Å². The van der Waals surface area contributed by atoms with E-state index in [4.69, 9.17) is 0 Å². The number of hydrogen-bond acceptors (Lipinski definition) is 0. The molecule has 0 aromatic heterocycles. The van der Waals surface area contributed by atoms with Crippen LogP contribution < -0.4 is 0 Å². The van der Waals surface area contributed by atoms with E-state index >= 15 is 0 Å². The first-order chi connectivity index (χ1) is 9.97. The summed E-state index contributed by atoms with van der Waals surface area (Å²) in [5, 5.41) is 2.22. The summed E-state index contributed by atoms with van der Waals surface area (Å²) in [7, 11) is 0. The van der Waals surface area contributed by atoms with E-state index in [-0.39, 0.29) is 11.2 Å². The Morgan fingerprint density at radius 3 is 2.19 bits per heavy atom. The quantitative estimate of drug-likeness (QED) is 0.516. The van der Waals surface area contributed by atoms with Gasteiger partial charge in [0.25, 0.3) is 0 Å². The fraction of sp³-hybridized carbons (Fsp3) is 0.200. The van der Waals surface area contributed by atoms with E-state index < -0.39 is 0 Å². The second-order valence-corrected chi connectivity index (χ2v) is 6.47. The summed E-state index contributed by atoms with van der Waals surface area (Å²) in [6.45, 7) is 6.29. The van der Waals surface area contributed by atoms with Crippen LogP contribution in [0.2, 0.25) is 0 Å². The highest BCUT2D eigenvalue weighted by Gasteiger charge is 2.16. The molecule has 0 radical (unpaired) electrons. The number of halogens is 1. The normalized spacial score (nSPS) is 11.8. The first kappa shape index (κ1) is 13.8. The molecule has 0 heterocycles. The van der Waals surface area contributed by atoms with E-state index in [1.54, 1.807) is 6.07 Å². The van der Waals surface area contributed by atoms with Gasteiger partial charge in [-0.2, -0.15) is 0 Å². The molecule has 0 aliphatic carbocycles. The first-order valence-electron chi connectivity index (χ1n) is 7.25. The SMILES string of the molecule is CC(C)(C)c1ccc(-c2cccc3ccccc23)c(F)c1. The minimum absolute atomic E-state index is 0.0435. The summed E-state index contributed by atoms with van der Waals surface area (Å²) in [5.41, 5.74) is 2.59. The summed E-state index contributed by atoms with van der Waals surface area (Å²) < 4.78 is 14.6. The van der Waals surface area contributed by atoms with E-state index in [0.717, 1.165) is 21.9 Å². The van der Waals surface area contributed by atoms with Crippen LogP contribution >= 0.6 is 0 Å². The van der Waals surface area contributed by atoms with Gasteiger partial charge in [0.1, 0.15) is 5.82 Å². The highest BCUT2D eigenvalue weighted by atomic mass is 19.1. The van der Waals surface area contributed by atoms with Crippen molar-refractivity contribution in [3.63, 3.8) is 0 Å². The third kappa shape index (κ3) is 2.56. The molecule has 0 N–H and O–H groups in total. The highest BCUT2D eigenvalue weighted by molar-refractivity contribution is 5.96. The zero-order valence-corrected chi connectivity index (χ0v) is 12.7. The van der Waals surface area contributed by atoms with Crippen LogP contribution in [0.15, 0.2) is 60.7 Å². The molecule has 21 heavy (non-hydrogen) atoms. The lowest BCUT2D eigenvalue weighted by atomic mass is 9.85. The molecule has 3 rings (SSSR count). The van der Waals surface area contributed by atoms with Crippen LogP contribution in [0.4, 0.5) is 4.39 Å². The van der Waals surface area contributed by atoms with Crippen molar-refractivity contribution < 1.29 is 4.39 Å². The topological polar surface area (TPSA) is 0 Å². The molecule has 0 atom stereocenters. The van der Waals surface area contributed by atoms with Crippen molar-refractivity contribution in [3.05, 3.63) is 72.0 Å². The van der Waals surface area contributed by atoms with E-state index in [1.807, 2.05) is 42.5 Å². The number of hydrogen-bond donors (Lipinski definition) is 0. The van der Waals surface area contributed by atoms with Crippen LogP contribution in [0, 0.1) is 5.82 Å². The molecule has 0 aliphatic heterocycles. The molecule has 3 aromatic rings. The van der Waals surface area contributed by atoms with Gasteiger partial charge in [-0.05, 0) is 33.4 Å². The predicted octanol–water partition coefficient (Wildman–Crippen LogP) is 5.94. The Balaban J connectivity index is 2.20. The van der Waals surface area contributed by atoms with Gasteiger partial charge < -0.3 is 0 Å². The Hall–Kier alpha value is -2.15. The van der Waals surface area contributed by atoms with Gasteiger partial charge in [0.15, 0.2) is 0 Å². The summed E-state index contributed by atoms with van der Waals surface area (Å²) in [6.07, 6.45) is 0. The lowest BCUT2D eigenvalue weighted by Gasteiger charge is -2.20. The Bertz CT molecular complexity index is 789. The molecule has 0 nitrogen and oxygen atoms in total. The van der Waals surface area contributed by atoms with E-state index in [0.29, 0.717) is 5.56 Å². The predicted molar refractivity (Wildman–Crippen MR) is 88.0 cm³/mol. The third-order valence-corrected chi connectivity index (χ3v) is 3.91. The fourth-order valence-electron chi connectivity index (χ4n) is 2.66. The van der Waals surface area contributed by atoms with Crippen LogP contribution in [0.1, 0.15) is 26.3 Å². The Morgan fingerprint density at radius 2 is 1.48 bits per heavy atom.